The van der Waals surface area contributed by atoms with Gasteiger partial charge in [0.15, 0.2) is 5.17 Å². The quantitative estimate of drug-likeness (QED) is 0.356. The minimum absolute atomic E-state index is 0.0179. The third kappa shape index (κ3) is 6.89. The van der Waals surface area contributed by atoms with Crippen LogP contribution in [0.5, 0.6) is 17.2 Å². The molecule has 0 aromatic heterocycles. The molecule has 0 spiro atoms. The number of aliphatic imine (C=N–C) groups is 1. The third-order valence-corrected chi connectivity index (χ3v) is 7.67. The molecular weight excluding hydrogens is 502 g/mol. The van der Waals surface area contributed by atoms with E-state index in [1.807, 2.05) is 31.2 Å². The number of amides is 2. The van der Waals surface area contributed by atoms with Gasteiger partial charge in [-0.1, -0.05) is 35.5 Å². The lowest BCUT2D eigenvalue weighted by atomic mass is 9.97. The van der Waals surface area contributed by atoms with Gasteiger partial charge in [0, 0.05) is 19.0 Å². The highest BCUT2D eigenvalue weighted by Gasteiger charge is 2.39. The lowest BCUT2D eigenvalue weighted by Crippen LogP contribution is -2.34. The molecule has 9 heteroatoms. The summed E-state index contributed by atoms with van der Waals surface area (Å²) in [6.45, 7) is 2.98. The summed E-state index contributed by atoms with van der Waals surface area (Å²) in [7, 11) is 3.10. The van der Waals surface area contributed by atoms with Crippen LogP contribution in [0.15, 0.2) is 59.1 Å². The van der Waals surface area contributed by atoms with Crippen LogP contribution in [0.4, 0.5) is 11.4 Å². The van der Waals surface area contributed by atoms with Gasteiger partial charge >= 0.3 is 0 Å². The van der Waals surface area contributed by atoms with Gasteiger partial charge in [0.25, 0.3) is 0 Å². The topological polar surface area (TPSA) is 89.5 Å². The molecule has 1 saturated heterocycles. The van der Waals surface area contributed by atoms with Crippen LogP contribution in [0.2, 0.25) is 0 Å². The average molecular weight is 538 g/mol. The smallest absolute Gasteiger partial charge is 0.242 e. The van der Waals surface area contributed by atoms with E-state index >= 15 is 0 Å². The number of thioether (sulfide) groups is 1. The Kier molecular flexibility index (Phi) is 9.70. The number of allylic oxidation sites excluding steroid dienone is 1. The van der Waals surface area contributed by atoms with Crippen LogP contribution in [-0.2, 0) is 9.59 Å². The van der Waals surface area contributed by atoms with E-state index in [2.05, 4.69) is 11.4 Å². The molecule has 1 aliphatic carbocycles. The Morgan fingerprint density at radius 3 is 2.71 bits per heavy atom. The van der Waals surface area contributed by atoms with Crippen molar-refractivity contribution in [1.82, 2.24) is 4.90 Å². The minimum atomic E-state index is -0.572. The number of carbonyl (C=O) groups is 2. The maximum atomic E-state index is 13.5. The summed E-state index contributed by atoms with van der Waals surface area (Å²) in [4.78, 5) is 33.1. The first-order valence-electron chi connectivity index (χ1n) is 13.0. The Bertz CT molecular complexity index is 1210. The Morgan fingerprint density at radius 1 is 1.13 bits per heavy atom. The molecular formula is C29H35N3O5S. The Hall–Kier alpha value is -3.46. The van der Waals surface area contributed by atoms with Crippen LogP contribution in [0.3, 0.4) is 0 Å². The maximum absolute atomic E-state index is 13.5. The highest BCUT2D eigenvalue weighted by molar-refractivity contribution is 8.15. The Morgan fingerprint density at radius 2 is 1.97 bits per heavy atom. The van der Waals surface area contributed by atoms with Crippen LogP contribution in [0.25, 0.3) is 0 Å². The number of benzene rings is 2. The summed E-state index contributed by atoms with van der Waals surface area (Å²) >= 11 is 1.33. The molecule has 0 radical (unpaired) electrons. The Balaban J connectivity index is 1.52. The molecule has 1 atom stereocenters. The zero-order valence-corrected chi connectivity index (χ0v) is 23.0. The first-order valence-corrected chi connectivity index (χ1v) is 13.9. The van der Waals surface area contributed by atoms with Gasteiger partial charge in [-0.3, -0.25) is 14.5 Å². The second-order valence-corrected chi connectivity index (χ2v) is 10.2. The molecule has 2 aliphatic rings. The van der Waals surface area contributed by atoms with Gasteiger partial charge in [-0.05, 0) is 63.3 Å². The summed E-state index contributed by atoms with van der Waals surface area (Å²) in [6, 6.07) is 12.7. The molecule has 0 bridgehead atoms. The summed E-state index contributed by atoms with van der Waals surface area (Å²) in [5, 5.41) is 2.90. The minimum Gasteiger partial charge on any atom is -0.497 e. The van der Waals surface area contributed by atoms with Crippen molar-refractivity contribution in [3.05, 3.63) is 54.1 Å². The second-order valence-electron chi connectivity index (χ2n) is 9.07. The number of nitrogens with one attached hydrogen (secondary N) is 1. The first kappa shape index (κ1) is 27.6. The number of hydrogen-bond donors (Lipinski definition) is 1. The maximum Gasteiger partial charge on any atom is 0.242 e. The number of hydrogen-bond acceptors (Lipinski definition) is 7. The SMILES string of the molecule is CCOc1ccccc1N=C1S[C@H](CC(=O)Nc2ccc(OC)cc2OC)C(=O)N1CCC1=CCCCC1. The molecule has 2 aromatic carbocycles. The summed E-state index contributed by atoms with van der Waals surface area (Å²) in [5.41, 5.74) is 2.57. The van der Waals surface area contributed by atoms with E-state index in [0.29, 0.717) is 46.9 Å². The fourth-order valence-corrected chi connectivity index (χ4v) is 5.70. The van der Waals surface area contributed by atoms with Crippen molar-refractivity contribution >= 4 is 40.1 Å². The molecule has 4 rings (SSSR count). The number of ether oxygens (including phenoxy) is 3. The standard InChI is InChI=1S/C29H35N3O5S/c1-4-37-24-13-9-8-12-22(24)31-29-32(17-16-20-10-6-5-7-11-20)28(34)26(38-29)19-27(33)30-23-15-14-21(35-2)18-25(23)36-3/h8-10,12-15,18,26H,4-7,11,16-17,19H2,1-3H3,(H,30,33)/t26-/m1/s1. The van der Waals surface area contributed by atoms with Gasteiger partial charge in [-0.2, -0.15) is 0 Å². The second kappa shape index (κ2) is 13.4. The van der Waals surface area contributed by atoms with Gasteiger partial charge in [-0.25, -0.2) is 4.99 Å². The molecule has 2 amide bonds. The molecule has 38 heavy (non-hydrogen) atoms. The van der Waals surface area contributed by atoms with Crippen molar-refractivity contribution in [2.24, 2.45) is 4.99 Å². The molecule has 202 valence electrons. The number of rotatable bonds is 11. The molecule has 2 aromatic rings. The number of carbonyl (C=O) groups excluding carboxylic acids is 2. The van der Waals surface area contributed by atoms with E-state index in [9.17, 15) is 9.59 Å². The van der Waals surface area contributed by atoms with Crippen LogP contribution in [-0.4, -0.2) is 54.5 Å². The summed E-state index contributed by atoms with van der Waals surface area (Å²) in [6.07, 6.45) is 7.70. The van der Waals surface area contributed by atoms with Crippen LogP contribution >= 0.6 is 11.8 Å². The normalized spacial score (nSPS) is 18.3. The van der Waals surface area contributed by atoms with Crippen LogP contribution < -0.4 is 19.5 Å². The van der Waals surface area contributed by atoms with Crippen LogP contribution in [0.1, 0.15) is 45.4 Å². The molecule has 1 heterocycles. The van der Waals surface area contributed by atoms with Crippen molar-refractivity contribution in [1.29, 1.82) is 0 Å². The molecule has 1 aliphatic heterocycles. The van der Waals surface area contributed by atoms with Gasteiger partial charge < -0.3 is 19.5 Å². The van der Waals surface area contributed by atoms with Gasteiger partial charge in [0.1, 0.15) is 28.2 Å². The molecule has 1 N–H and O–H groups in total. The van der Waals surface area contributed by atoms with E-state index in [1.165, 1.54) is 37.3 Å². The largest absolute Gasteiger partial charge is 0.497 e. The predicted octanol–water partition coefficient (Wildman–Crippen LogP) is 5.95. The third-order valence-electron chi connectivity index (χ3n) is 6.50. The fourth-order valence-electron chi connectivity index (χ4n) is 4.52. The van der Waals surface area contributed by atoms with Crippen molar-refractivity contribution in [3.63, 3.8) is 0 Å². The van der Waals surface area contributed by atoms with E-state index in [4.69, 9.17) is 19.2 Å². The first-order chi connectivity index (χ1) is 18.5. The number of nitrogens with zero attached hydrogens (tertiary/aromatic N) is 2. The molecule has 8 nitrogen and oxygen atoms in total. The highest BCUT2D eigenvalue weighted by atomic mass is 32.2. The number of amidine groups is 1. The van der Waals surface area contributed by atoms with Crippen molar-refractivity contribution in [2.75, 3.05) is 32.7 Å². The number of para-hydroxylation sites is 2. The Labute approximate surface area is 228 Å². The number of anilines is 1. The molecule has 1 fully saturated rings. The molecule has 0 unspecified atom stereocenters. The van der Waals surface area contributed by atoms with E-state index < -0.39 is 5.25 Å². The summed E-state index contributed by atoms with van der Waals surface area (Å²) < 4.78 is 16.4. The molecule has 0 saturated carbocycles. The zero-order chi connectivity index (χ0) is 26.9. The zero-order valence-electron chi connectivity index (χ0n) is 22.2. The lowest BCUT2D eigenvalue weighted by Gasteiger charge is -2.19. The van der Waals surface area contributed by atoms with Crippen molar-refractivity contribution < 1.29 is 23.8 Å². The van der Waals surface area contributed by atoms with Crippen LogP contribution in [0, 0.1) is 0 Å². The van der Waals surface area contributed by atoms with Crippen molar-refractivity contribution in [2.45, 2.75) is 50.7 Å². The number of methoxy groups -OCH3 is 2. The van der Waals surface area contributed by atoms with Crippen molar-refractivity contribution in [3.8, 4) is 17.2 Å². The predicted molar refractivity (Wildman–Crippen MR) is 152 cm³/mol. The summed E-state index contributed by atoms with van der Waals surface area (Å²) in [5.74, 6) is 1.40. The van der Waals surface area contributed by atoms with E-state index in [1.54, 1.807) is 30.2 Å². The average Bonchev–Trinajstić information content (AvgIpc) is 3.22. The lowest BCUT2D eigenvalue weighted by molar-refractivity contribution is -0.128. The highest BCUT2D eigenvalue weighted by Crippen LogP contribution is 2.36. The van der Waals surface area contributed by atoms with Gasteiger partial charge in [-0.15, -0.1) is 0 Å². The monoisotopic (exact) mass is 537 g/mol. The fraction of sp³-hybridized carbons (Fsp3) is 0.414. The van der Waals surface area contributed by atoms with Gasteiger partial charge in [0.05, 0.1) is 26.5 Å². The van der Waals surface area contributed by atoms with Gasteiger partial charge in [0.2, 0.25) is 11.8 Å². The van der Waals surface area contributed by atoms with E-state index in [-0.39, 0.29) is 18.2 Å². The van der Waals surface area contributed by atoms with E-state index in [0.717, 1.165) is 19.3 Å².